The summed E-state index contributed by atoms with van der Waals surface area (Å²) in [6.07, 6.45) is 7.58. The maximum absolute atomic E-state index is 12.3. The van der Waals surface area contributed by atoms with Gasteiger partial charge in [-0.1, -0.05) is 32.6 Å². The average Bonchev–Trinajstić information content (AvgIpc) is 2.73. The molecule has 20 heavy (non-hydrogen) atoms. The molecule has 2 atom stereocenters. The van der Waals surface area contributed by atoms with E-state index < -0.39 is 5.54 Å². The Morgan fingerprint density at radius 1 is 1.30 bits per heavy atom. The highest BCUT2D eigenvalue weighted by molar-refractivity contribution is 6.07. The summed E-state index contributed by atoms with van der Waals surface area (Å²) < 4.78 is 5.87. The lowest BCUT2D eigenvalue weighted by Crippen LogP contribution is -2.57. The van der Waals surface area contributed by atoms with Crippen molar-refractivity contribution in [2.45, 2.75) is 70.4 Å². The fourth-order valence-corrected chi connectivity index (χ4v) is 3.37. The summed E-state index contributed by atoms with van der Waals surface area (Å²) in [7, 11) is 0. The summed E-state index contributed by atoms with van der Waals surface area (Å²) in [5.74, 6) is -0.0189. The van der Waals surface area contributed by atoms with Crippen molar-refractivity contribution in [1.29, 1.82) is 0 Å². The van der Waals surface area contributed by atoms with Crippen molar-refractivity contribution in [1.82, 2.24) is 10.6 Å². The first kappa shape index (κ1) is 15.3. The number of carbonyl (C=O) groups is 2. The van der Waals surface area contributed by atoms with Crippen LogP contribution in [-0.2, 0) is 9.53 Å². The summed E-state index contributed by atoms with van der Waals surface area (Å²) in [6, 6.07) is -0.382. The van der Waals surface area contributed by atoms with E-state index >= 15 is 0 Å². The van der Waals surface area contributed by atoms with E-state index in [1.807, 2.05) is 6.92 Å². The molecule has 2 N–H and O–H groups in total. The lowest BCUT2D eigenvalue weighted by molar-refractivity contribution is -0.130. The van der Waals surface area contributed by atoms with Crippen molar-refractivity contribution >= 4 is 11.9 Å². The molecule has 0 aromatic rings. The van der Waals surface area contributed by atoms with Crippen molar-refractivity contribution in [2.24, 2.45) is 5.92 Å². The molecule has 5 heteroatoms. The van der Waals surface area contributed by atoms with Gasteiger partial charge in [0.15, 0.2) is 0 Å². The molecular formula is C15H26N2O3. The van der Waals surface area contributed by atoms with Gasteiger partial charge >= 0.3 is 6.03 Å². The molecule has 0 radical (unpaired) electrons. The highest BCUT2D eigenvalue weighted by Crippen LogP contribution is 2.35. The maximum atomic E-state index is 12.3. The molecule has 1 heterocycles. The average molecular weight is 282 g/mol. The van der Waals surface area contributed by atoms with Crippen LogP contribution in [0.1, 0.15) is 58.8 Å². The van der Waals surface area contributed by atoms with Gasteiger partial charge in [0.25, 0.3) is 5.91 Å². The second-order valence-electron chi connectivity index (χ2n) is 6.12. The summed E-state index contributed by atoms with van der Waals surface area (Å²) in [4.78, 5) is 23.9. The Morgan fingerprint density at radius 3 is 2.55 bits per heavy atom. The number of imide groups is 1. The van der Waals surface area contributed by atoms with E-state index in [4.69, 9.17) is 4.74 Å². The standard InChI is InChI=1S/C15H26N2O3/c1-3-7-11(2)20-10-15(12-8-5-4-6-9-12)13(18)16-14(19)17-15/h11-12H,3-10H2,1-2H3,(H2,16,17,18,19). The van der Waals surface area contributed by atoms with Crippen LogP contribution in [0.4, 0.5) is 4.79 Å². The SMILES string of the molecule is CCCC(C)OCC1(C2CCCCC2)NC(=O)NC1=O. The van der Waals surface area contributed by atoms with Crippen LogP contribution >= 0.6 is 0 Å². The Balaban J connectivity index is 2.08. The summed E-state index contributed by atoms with van der Waals surface area (Å²) in [6.45, 7) is 4.42. The Morgan fingerprint density at radius 2 is 2.00 bits per heavy atom. The van der Waals surface area contributed by atoms with Crippen LogP contribution in [0.15, 0.2) is 0 Å². The fourth-order valence-electron chi connectivity index (χ4n) is 3.37. The van der Waals surface area contributed by atoms with Crippen molar-refractivity contribution < 1.29 is 14.3 Å². The van der Waals surface area contributed by atoms with E-state index in [0.29, 0.717) is 0 Å². The minimum atomic E-state index is -0.848. The molecule has 2 unspecified atom stereocenters. The van der Waals surface area contributed by atoms with Crippen LogP contribution < -0.4 is 10.6 Å². The number of carbonyl (C=O) groups excluding carboxylic acids is 2. The summed E-state index contributed by atoms with van der Waals surface area (Å²) in [5.41, 5.74) is -0.848. The Bertz CT molecular complexity index is 366. The fraction of sp³-hybridized carbons (Fsp3) is 0.867. The first-order valence-electron chi connectivity index (χ1n) is 7.83. The molecule has 0 aromatic carbocycles. The van der Waals surface area contributed by atoms with Crippen molar-refractivity contribution in [3.05, 3.63) is 0 Å². The van der Waals surface area contributed by atoms with Crippen LogP contribution in [0, 0.1) is 5.92 Å². The van der Waals surface area contributed by atoms with Crippen LogP contribution in [0.3, 0.4) is 0 Å². The Hall–Kier alpha value is -1.10. The predicted molar refractivity (Wildman–Crippen MR) is 76.3 cm³/mol. The third-order valence-electron chi connectivity index (χ3n) is 4.56. The largest absolute Gasteiger partial charge is 0.375 e. The minimum absolute atomic E-state index is 0.116. The first-order chi connectivity index (χ1) is 9.58. The van der Waals surface area contributed by atoms with Gasteiger partial charge in [-0.25, -0.2) is 4.79 Å². The van der Waals surface area contributed by atoms with Crippen molar-refractivity contribution in [3.8, 4) is 0 Å². The third kappa shape index (κ3) is 3.14. The highest BCUT2D eigenvalue weighted by Gasteiger charge is 2.52. The lowest BCUT2D eigenvalue weighted by Gasteiger charge is -2.37. The molecule has 5 nitrogen and oxygen atoms in total. The van der Waals surface area contributed by atoms with Gasteiger partial charge in [-0.05, 0) is 32.1 Å². The van der Waals surface area contributed by atoms with E-state index in [9.17, 15) is 9.59 Å². The number of nitrogens with one attached hydrogen (secondary N) is 2. The Kier molecular flexibility index (Phi) is 5.02. The lowest BCUT2D eigenvalue weighted by atomic mass is 9.75. The number of rotatable bonds is 6. The number of urea groups is 1. The van der Waals surface area contributed by atoms with Crippen LogP contribution in [0.5, 0.6) is 0 Å². The molecule has 1 saturated carbocycles. The van der Waals surface area contributed by atoms with Crippen LogP contribution in [0.2, 0.25) is 0 Å². The monoisotopic (exact) mass is 282 g/mol. The van der Waals surface area contributed by atoms with E-state index in [2.05, 4.69) is 17.6 Å². The molecule has 2 aliphatic rings. The van der Waals surface area contributed by atoms with Gasteiger partial charge in [0.05, 0.1) is 12.7 Å². The molecule has 2 rings (SSSR count). The van der Waals surface area contributed by atoms with Crippen LogP contribution in [0.25, 0.3) is 0 Å². The molecule has 114 valence electrons. The quantitative estimate of drug-likeness (QED) is 0.735. The van der Waals surface area contributed by atoms with Gasteiger partial charge in [-0.3, -0.25) is 10.1 Å². The summed E-state index contributed by atoms with van der Waals surface area (Å²) in [5, 5.41) is 5.25. The molecule has 0 bridgehead atoms. The predicted octanol–water partition coefficient (Wildman–Crippen LogP) is 2.35. The van der Waals surface area contributed by atoms with Gasteiger partial charge in [0.1, 0.15) is 5.54 Å². The molecule has 0 spiro atoms. The first-order valence-corrected chi connectivity index (χ1v) is 7.83. The molecule has 2 fully saturated rings. The number of hydrogen-bond donors (Lipinski definition) is 2. The normalized spacial score (nSPS) is 29.1. The zero-order valence-electron chi connectivity index (χ0n) is 12.5. The van der Waals surface area contributed by atoms with E-state index in [0.717, 1.165) is 38.5 Å². The molecule has 3 amide bonds. The topological polar surface area (TPSA) is 67.4 Å². The van der Waals surface area contributed by atoms with Crippen molar-refractivity contribution in [2.75, 3.05) is 6.61 Å². The summed E-state index contributed by atoms with van der Waals surface area (Å²) >= 11 is 0. The smallest absolute Gasteiger partial charge is 0.322 e. The maximum Gasteiger partial charge on any atom is 0.322 e. The number of amides is 3. The highest BCUT2D eigenvalue weighted by atomic mass is 16.5. The molecule has 1 saturated heterocycles. The zero-order chi connectivity index (χ0) is 14.6. The van der Waals surface area contributed by atoms with Gasteiger partial charge in [0, 0.05) is 0 Å². The second-order valence-corrected chi connectivity index (χ2v) is 6.12. The van der Waals surface area contributed by atoms with E-state index in [-0.39, 0.29) is 30.6 Å². The zero-order valence-corrected chi connectivity index (χ0v) is 12.5. The van der Waals surface area contributed by atoms with Crippen molar-refractivity contribution in [3.63, 3.8) is 0 Å². The molecule has 0 aromatic heterocycles. The van der Waals surface area contributed by atoms with Gasteiger partial charge in [-0.2, -0.15) is 0 Å². The van der Waals surface area contributed by atoms with Crippen LogP contribution in [-0.4, -0.2) is 30.2 Å². The second kappa shape index (κ2) is 6.57. The van der Waals surface area contributed by atoms with E-state index in [1.54, 1.807) is 0 Å². The number of hydrogen-bond acceptors (Lipinski definition) is 3. The Labute approximate surface area is 120 Å². The molecular weight excluding hydrogens is 256 g/mol. The minimum Gasteiger partial charge on any atom is -0.375 e. The molecule has 1 aliphatic heterocycles. The van der Waals surface area contributed by atoms with Gasteiger partial charge in [-0.15, -0.1) is 0 Å². The van der Waals surface area contributed by atoms with Gasteiger partial charge < -0.3 is 10.1 Å². The third-order valence-corrected chi connectivity index (χ3v) is 4.56. The van der Waals surface area contributed by atoms with E-state index in [1.165, 1.54) is 6.42 Å². The number of ether oxygens (including phenoxy) is 1. The van der Waals surface area contributed by atoms with Gasteiger partial charge in [0.2, 0.25) is 0 Å². The molecule has 1 aliphatic carbocycles.